The van der Waals surface area contributed by atoms with Crippen LogP contribution in [-0.4, -0.2) is 61.9 Å². The molecule has 0 saturated carbocycles. The molecular formula is C14H21FN3O3P. The lowest BCUT2D eigenvalue weighted by atomic mass is 10.3. The first kappa shape index (κ1) is 15.9. The van der Waals surface area contributed by atoms with E-state index < -0.39 is 7.59 Å². The van der Waals surface area contributed by atoms with Gasteiger partial charge in [0.25, 0.3) is 0 Å². The largest absolute Gasteiger partial charge is 0.379 e. The molecule has 122 valence electrons. The van der Waals surface area contributed by atoms with Crippen molar-refractivity contribution in [2.75, 3.05) is 57.7 Å². The summed E-state index contributed by atoms with van der Waals surface area (Å²) in [4.78, 5) is 0. The Labute approximate surface area is 129 Å². The van der Waals surface area contributed by atoms with Gasteiger partial charge in [-0.05, 0) is 24.3 Å². The number of nitrogens with one attached hydrogen (secondary N) is 1. The van der Waals surface area contributed by atoms with Crippen LogP contribution in [-0.2, 0) is 14.0 Å². The number of benzene rings is 1. The third-order valence-electron chi connectivity index (χ3n) is 3.86. The molecule has 2 saturated heterocycles. The minimum absolute atomic E-state index is 0.307. The van der Waals surface area contributed by atoms with E-state index in [1.165, 1.54) is 12.1 Å². The highest BCUT2D eigenvalue weighted by atomic mass is 31.2. The molecule has 0 amide bonds. The van der Waals surface area contributed by atoms with Gasteiger partial charge in [0, 0.05) is 31.9 Å². The number of nitrogens with zero attached hydrogens (tertiary/aromatic N) is 2. The van der Waals surface area contributed by atoms with E-state index in [-0.39, 0.29) is 5.82 Å². The Morgan fingerprint density at radius 3 is 1.82 bits per heavy atom. The van der Waals surface area contributed by atoms with Crippen molar-refractivity contribution in [2.45, 2.75) is 0 Å². The number of rotatable bonds is 4. The summed E-state index contributed by atoms with van der Waals surface area (Å²) in [6, 6.07) is 5.96. The maximum atomic E-state index is 13.7. The molecule has 2 aliphatic rings. The first-order valence-electron chi connectivity index (χ1n) is 7.49. The fraction of sp³-hybridized carbons (Fsp3) is 0.571. The molecule has 0 aromatic heterocycles. The zero-order valence-electron chi connectivity index (χ0n) is 12.4. The molecule has 0 unspecified atom stereocenters. The van der Waals surface area contributed by atoms with Crippen LogP contribution in [0.5, 0.6) is 0 Å². The number of anilines is 1. The minimum Gasteiger partial charge on any atom is -0.379 e. The second kappa shape index (κ2) is 7.06. The Hall–Kier alpha value is -0.980. The van der Waals surface area contributed by atoms with Gasteiger partial charge in [-0.1, -0.05) is 0 Å². The topological polar surface area (TPSA) is 54.0 Å². The predicted octanol–water partition coefficient (Wildman–Crippen LogP) is 2.01. The lowest BCUT2D eigenvalue weighted by Crippen LogP contribution is -2.45. The van der Waals surface area contributed by atoms with Crippen molar-refractivity contribution in [3.05, 3.63) is 30.1 Å². The van der Waals surface area contributed by atoms with Gasteiger partial charge < -0.3 is 14.6 Å². The van der Waals surface area contributed by atoms with E-state index in [0.29, 0.717) is 58.3 Å². The summed E-state index contributed by atoms with van der Waals surface area (Å²) in [5, 5.41) is 3.15. The monoisotopic (exact) mass is 329 g/mol. The summed E-state index contributed by atoms with van der Waals surface area (Å²) >= 11 is 0. The Bertz CT molecular complexity index is 509. The van der Waals surface area contributed by atoms with E-state index >= 15 is 0 Å². The zero-order valence-corrected chi connectivity index (χ0v) is 13.3. The molecule has 0 bridgehead atoms. The maximum Gasteiger partial charge on any atom is 0.308 e. The minimum atomic E-state index is -2.97. The van der Waals surface area contributed by atoms with Crippen LogP contribution in [0.4, 0.5) is 10.1 Å². The third kappa shape index (κ3) is 3.50. The molecule has 1 aromatic rings. The lowest BCUT2D eigenvalue weighted by molar-refractivity contribution is 0.0530. The van der Waals surface area contributed by atoms with Crippen LogP contribution < -0.4 is 5.09 Å². The highest BCUT2D eigenvalue weighted by Gasteiger charge is 2.39. The fourth-order valence-electron chi connectivity index (χ4n) is 2.66. The van der Waals surface area contributed by atoms with Gasteiger partial charge in [-0.2, -0.15) is 0 Å². The summed E-state index contributed by atoms with van der Waals surface area (Å²) in [7, 11) is -2.97. The molecule has 22 heavy (non-hydrogen) atoms. The van der Waals surface area contributed by atoms with Crippen LogP contribution in [0.2, 0.25) is 0 Å². The van der Waals surface area contributed by atoms with Crippen molar-refractivity contribution in [3.8, 4) is 0 Å². The van der Waals surface area contributed by atoms with Gasteiger partial charge in [0.1, 0.15) is 5.82 Å². The Kier molecular flexibility index (Phi) is 5.10. The molecule has 2 aliphatic heterocycles. The zero-order chi connectivity index (χ0) is 15.4. The Balaban J connectivity index is 1.83. The number of halogens is 1. The molecule has 6 nitrogen and oxygen atoms in total. The second-order valence-corrected chi connectivity index (χ2v) is 7.74. The van der Waals surface area contributed by atoms with Gasteiger partial charge >= 0.3 is 7.59 Å². The second-order valence-electron chi connectivity index (χ2n) is 5.29. The van der Waals surface area contributed by atoms with E-state index in [2.05, 4.69) is 5.09 Å². The molecular weight excluding hydrogens is 308 g/mol. The predicted molar refractivity (Wildman–Crippen MR) is 82.4 cm³/mol. The average molecular weight is 329 g/mol. The lowest BCUT2D eigenvalue weighted by Gasteiger charge is -2.42. The van der Waals surface area contributed by atoms with Crippen LogP contribution in [0.15, 0.2) is 24.3 Å². The highest BCUT2D eigenvalue weighted by Crippen LogP contribution is 2.53. The molecule has 0 spiro atoms. The van der Waals surface area contributed by atoms with Gasteiger partial charge in [-0.3, -0.25) is 4.57 Å². The van der Waals surface area contributed by atoms with E-state index in [9.17, 15) is 8.96 Å². The van der Waals surface area contributed by atoms with Gasteiger partial charge in [-0.25, -0.2) is 13.7 Å². The molecule has 1 aromatic carbocycles. The van der Waals surface area contributed by atoms with Gasteiger partial charge in [0.15, 0.2) is 0 Å². The number of morpholine rings is 2. The first-order valence-corrected chi connectivity index (χ1v) is 9.10. The van der Waals surface area contributed by atoms with Crippen LogP contribution in [0.1, 0.15) is 0 Å². The summed E-state index contributed by atoms with van der Waals surface area (Å²) < 4.78 is 41.4. The summed E-state index contributed by atoms with van der Waals surface area (Å²) in [6.45, 7) is 4.73. The van der Waals surface area contributed by atoms with Crippen LogP contribution >= 0.6 is 7.59 Å². The standard InChI is InChI=1S/C14H21FN3O3P/c15-13-1-3-14(4-2-13)16-22(19,17-5-9-20-10-6-17)18-7-11-21-12-8-18/h1-4H,5-12H2,(H,16,19). The molecule has 1 N–H and O–H groups in total. The van der Waals surface area contributed by atoms with Crippen molar-refractivity contribution in [3.63, 3.8) is 0 Å². The Morgan fingerprint density at radius 1 is 0.909 bits per heavy atom. The number of hydrogen-bond acceptors (Lipinski definition) is 3. The van der Waals surface area contributed by atoms with Gasteiger partial charge in [0.05, 0.1) is 26.4 Å². The third-order valence-corrected chi connectivity index (χ3v) is 6.74. The molecule has 0 radical (unpaired) electrons. The van der Waals surface area contributed by atoms with Crippen molar-refractivity contribution in [2.24, 2.45) is 0 Å². The smallest absolute Gasteiger partial charge is 0.308 e. The molecule has 2 fully saturated rings. The van der Waals surface area contributed by atoms with Crippen LogP contribution in [0.25, 0.3) is 0 Å². The van der Waals surface area contributed by atoms with Crippen molar-refractivity contribution in [1.82, 2.24) is 9.34 Å². The highest BCUT2D eigenvalue weighted by molar-refractivity contribution is 7.60. The van der Waals surface area contributed by atoms with E-state index in [1.807, 2.05) is 9.34 Å². The van der Waals surface area contributed by atoms with Gasteiger partial charge in [-0.15, -0.1) is 0 Å². The molecule has 0 atom stereocenters. The SMILES string of the molecule is O=P(Nc1ccc(F)cc1)(N1CCOCC1)N1CCOCC1. The van der Waals surface area contributed by atoms with Gasteiger partial charge in [0.2, 0.25) is 0 Å². The van der Waals surface area contributed by atoms with E-state index in [4.69, 9.17) is 9.47 Å². The Morgan fingerprint density at radius 2 is 1.36 bits per heavy atom. The summed E-state index contributed by atoms with van der Waals surface area (Å²) in [6.07, 6.45) is 0. The van der Waals surface area contributed by atoms with Crippen molar-refractivity contribution in [1.29, 1.82) is 0 Å². The number of ether oxygens (including phenoxy) is 2. The average Bonchev–Trinajstić information content (AvgIpc) is 2.58. The quantitative estimate of drug-likeness (QED) is 0.853. The van der Waals surface area contributed by atoms with E-state index in [0.717, 1.165) is 0 Å². The normalized spacial score (nSPS) is 21.7. The molecule has 3 rings (SSSR count). The summed E-state index contributed by atoms with van der Waals surface area (Å²) in [5.41, 5.74) is 0.655. The molecule has 0 aliphatic carbocycles. The van der Waals surface area contributed by atoms with Crippen LogP contribution in [0.3, 0.4) is 0 Å². The van der Waals surface area contributed by atoms with Crippen LogP contribution in [0, 0.1) is 5.82 Å². The van der Waals surface area contributed by atoms with Crippen molar-refractivity contribution >= 4 is 13.3 Å². The maximum absolute atomic E-state index is 13.7. The van der Waals surface area contributed by atoms with E-state index in [1.54, 1.807) is 12.1 Å². The van der Waals surface area contributed by atoms with Crippen molar-refractivity contribution < 1.29 is 18.4 Å². The molecule has 2 heterocycles. The number of hydrogen-bond donors (Lipinski definition) is 1. The fourth-order valence-corrected chi connectivity index (χ4v) is 5.20. The first-order chi connectivity index (χ1) is 10.7. The summed E-state index contributed by atoms with van der Waals surface area (Å²) in [5.74, 6) is -0.307. The molecule has 8 heteroatoms.